The molecule has 1 aromatic heterocycles. The molecular formula is C7H8N2S2. The maximum absolute atomic E-state index is 5.00. The predicted molar refractivity (Wildman–Crippen MR) is 53.3 cm³/mol. The van der Waals surface area contributed by atoms with E-state index < -0.39 is 0 Å². The second-order valence-corrected chi connectivity index (χ2v) is 3.50. The molecule has 0 saturated heterocycles. The Morgan fingerprint density at radius 1 is 1.36 bits per heavy atom. The first kappa shape index (κ1) is 8.49. The van der Waals surface area contributed by atoms with Crippen molar-refractivity contribution >= 4 is 34.2 Å². The summed E-state index contributed by atoms with van der Waals surface area (Å²) in [5, 5.41) is 6.67. The van der Waals surface area contributed by atoms with Crippen LogP contribution in [-0.2, 0) is 0 Å². The molecule has 0 radical (unpaired) electrons. The lowest BCUT2D eigenvalue weighted by atomic mass is 10.1. The van der Waals surface area contributed by atoms with Crippen LogP contribution in [0.4, 0.5) is 0 Å². The van der Waals surface area contributed by atoms with Crippen molar-refractivity contribution in [2.75, 3.05) is 0 Å². The van der Waals surface area contributed by atoms with Gasteiger partial charge in [0, 0.05) is 15.3 Å². The van der Waals surface area contributed by atoms with E-state index in [0.717, 1.165) is 21.0 Å². The highest BCUT2D eigenvalue weighted by atomic mass is 32.1. The molecule has 2 nitrogen and oxygen atoms in total. The fourth-order valence-electron chi connectivity index (χ4n) is 0.821. The van der Waals surface area contributed by atoms with E-state index in [1.54, 1.807) is 6.20 Å². The second-order valence-electron chi connectivity index (χ2n) is 2.27. The third-order valence-electron chi connectivity index (χ3n) is 1.37. The van der Waals surface area contributed by atoms with Crippen molar-refractivity contribution in [1.82, 2.24) is 10.2 Å². The largest absolute Gasteiger partial charge is 0.277 e. The molecule has 0 amide bonds. The van der Waals surface area contributed by atoms with Gasteiger partial charge in [-0.3, -0.25) is 5.10 Å². The normalized spacial score (nSPS) is 9.64. The Morgan fingerprint density at radius 3 is 2.36 bits per heavy atom. The van der Waals surface area contributed by atoms with Crippen molar-refractivity contribution in [2.24, 2.45) is 0 Å². The number of aromatic nitrogens is 2. The number of hydrogen-bond acceptors (Lipinski definition) is 3. The van der Waals surface area contributed by atoms with Crippen molar-refractivity contribution < 1.29 is 0 Å². The Hall–Kier alpha value is -0.610. The minimum absolute atomic E-state index is 0.793. The molecule has 1 heterocycles. The summed E-state index contributed by atoms with van der Waals surface area (Å²) < 4.78 is 0. The summed E-state index contributed by atoms with van der Waals surface area (Å²) >= 11 is 9.99. The SMILES string of the molecule is CC(=S)c1cn[nH]c1C(C)=S. The zero-order chi connectivity index (χ0) is 8.43. The molecule has 0 aliphatic heterocycles. The molecule has 1 aromatic rings. The van der Waals surface area contributed by atoms with Crippen LogP contribution in [0.2, 0.25) is 0 Å². The summed E-state index contributed by atoms with van der Waals surface area (Å²) in [5.41, 5.74) is 1.81. The van der Waals surface area contributed by atoms with E-state index in [4.69, 9.17) is 24.4 Å². The number of hydrogen-bond donors (Lipinski definition) is 1. The smallest absolute Gasteiger partial charge is 0.0797 e. The lowest BCUT2D eigenvalue weighted by Crippen LogP contribution is -1.99. The molecule has 4 heteroatoms. The number of thiocarbonyl (C=S) groups is 2. The van der Waals surface area contributed by atoms with Crippen LogP contribution in [0.15, 0.2) is 6.20 Å². The van der Waals surface area contributed by atoms with Crippen molar-refractivity contribution in [3.63, 3.8) is 0 Å². The highest BCUT2D eigenvalue weighted by Gasteiger charge is 2.07. The summed E-state index contributed by atoms with van der Waals surface area (Å²) in [6.45, 7) is 3.71. The Bertz CT molecular complexity index is 273. The van der Waals surface area contributed by atoms with Crippen LogP contribution in [-0.4, -0.2) is 19.9 Å². The van der Waals surface area contributed by atoms with E-state index >= 15 is 0 Å². The molecule has 0 fully saturated rings. The van der Waals surface area contributed by atoms with Gasteiger partial charge in [-0.2, -0.15) is 5.10 Å². The highest BCUT2D eigenvalue weighted by Crippen LogP contribution is 2.07. The van der Waals surface area contributed by atoms with Gasteiger partial charge in [-0.1, -0.05) is 24.4 Å². The quantitative estimate of drug-likeness (QED) is 0.562. The molecule has 58 valence electrons. The van der Waals surface area contributed by atoms with E-state index in [2.05, 4.69) is 10.2 Å². The predicted octanol–water partition coefficient (Wildman–Crippen LogP) is 1.89. The maximum Gasteiger partial charge on any atom is 0.0797 e. The summed E-state index contributed by atoms with van der Waals surface area (Å²) in [6, 6.07) is 0. The molecule has 0 bridgehead atoms. The van der Waals surface area contributed by atoms with Gasteiger partial charge in [-0.05, 0) is 13.8 Å². The zero-order valence-corrected chi connectivity index (χ0v) is 7.97. The fourth-order valence-corrected chi connectivity index (χ4v) is 1.13. The van der Waals surface area contributed by atoms with Gasteiger partial charge in [-0.15, -0.1) is 0 Å². The third kappa shape index (κ3) is 1.70. The van der Waals surface area contributed by atoms with Crippen LogP contribution in [0, 0.1) is 0 Å². The average molecular weight is 184 g/mol. The van der Waals surface area contributed by atoms with Gasteiger partial charge in [0.1, 0.15) is 0 Å². The van der Waals surface area contributed by atoms with E-state index in [1.807, 2.05) is 13.8 Å². The average Bonchev–Trinajstić information content (AvgIpc) is 2.32. The Labute approximate surface area is 76.0 Å². The van der Waals surface area contributed by atoms with Crippen molar-refractivity contribution in [2.45, 2.75) is 13.8 Å². The van der Waals surface area contributed by atoms with E-state index in [1.165, 1.54) is 0 Å². The highest BCUT2D eigenvalue weighted by molar-refractivity contribution is 7.81. The molecular weight excluding hydrogens is 176 g/mol. The Kier molecular flexibility index (Phi) is 2.46. The summed E-state index contributed by atoms with van der Waals surface area (Å²) in [6.07, 6.45) is 1.70. The number of H-pyrrole nitrogens is 1. The van der Waals surface area contributed by atoms with Crippen LogP contribution < -0.4 is 0 Å². The summed E-state index contributed by atoms with van der Waals surface area (Å²) in [4.78, 5) is 1.61. The molecule has 1 N–H and O–H groups in total. The van der Waals surface area contributed by atoms with Gasteiger partial charge < -0.3 is 0 Å². The molecule has 11 heavy (non-hydrogen) atoms. The topological polar surface area (TPSA) is 28.7 Å². The van der Waals surface area contributed by atoms with E-state index in [0.29, 0.717) is 0 Å². The number of nitrogens with one attached hydrogen (secondary N) is 1. The number of aromatic amines is 1. The number of rotatable bonds is 2. The number of nitrogens with zero attached hydrogens (tertiary/aromatic N) is 1. The minimum atomic E-state index is 0.793. The van der Waals surface area contributed by atoms with Crippen LogP contribution in [0.5, 0.6) is 0 Å². The van der Waals surface area contributed by atoms with Gasteiger partial charge in [0.25, 0.3) is 0 Å². The standard InChI is InChI=1S/C7H8N2S2/c1-4(10)6-3-8-9-7(6)5(2)11/h3H,1-2H3,(H,8,9). The molecule has 0 saturated carbocycles. The maximum atomic E-state index is 5.00. The van der Waals surface area contributed by atoms with Crippen molar-refractivity contribution in [3.05, 3.63) is 17.5 Å². The van der Waals surface area contributed by atoms with Crippen LogP contribution in [0.1, 0.15) is 25.1 Å². The molecule has 0 aliphatic rings. The first-order chi connectivity index (χ1) is 5.13. The second kappa shape index (κ2) is 3.19. The molecule has 1 rings (SSSR count). The van der Waals surface area contributed by atoms with Crippen molar-refractivity contribution in [1.29, 1.82) is 0 Å². The summed E-state index contributed by atoms with van der Waals surface area (Å²) in [5.74, 6) is 0. The lowest BCUT2D eigenvalue weighted by molar-refractivity contribution is 1.08. The van der Waals surface area contributed by atoms with Gasteiger partial charge in [-0.25, -0.2) is 0 Å². The van der Waals surface area contributed by atoms with Gasteiger partial charge in [0.05, 0.1) is 11.9 Å². The van der Waals surface area contributed by atoms with Crippen molar-refractivity contribution in [3.8, 4) is 0 Å². The Morgan fingerprint density at radius 2 is 2.00 bits per heavy atom. The molecule has 0 atom stereocenters. The monoisotopic (exact) mass is 184 g/mol. The molecule has 0 aliphatic carbocycles. The first-order valence-corrected chi connectivity index (χ1v) is 4.00. The van der Waals surface area contributed by atoms with Crippen LogP contribution >= 0.6 is 24.4 Å². The lowest BCUT2D eigenvalue weighted by Gasteiger charge is -1.96. The van der Waals surface area contributed by atoms with Crippen LogP contribution in [0.25, 0.3) is 0 Å². The van der Waals surface area contributed by atoms with E-state index in [9.17, 15) is 0 Å². The third-order valence-corrected chi connectivity index (χ3v) is 1.79. The zero-order valence-electron chi connectivity index (χ0n) is 6.34. The Balaban J connectivity index is 3.16. The molecule has 0 unspecified atom stereocenters. The fraction of sp³-hybridized carbons (Fsp3) is 0.286. The van der Waals surface area contributed by atoms with Crippen LogP contribution in [0.3, 0.4) is 0 Å². The minimum Gasteiger partial charge on any atom is -0.277 e. The molecule has 0 aromatic carbocycles. The van der Waals surface area contributed by atoms with Gasteiger partial charge >= 0.3 is 0 Å². The summed E-state index contributed by atoms with van der Waals surface area (Å²) in [7, 11) is 0. The van der Waals surface area contributed by atoms with Gasteiger partial charge in [0.15, 0.2) is 0 Å². The first-order valence-electron chi connectivity index (χ1n) is 3.18. The van der Waals surface area contributed by atoms with E-state index in [-0.39, 0.29) is 0 Å². The molecule has 0 spiro atoms. The van der Waals surface area contributed by atoms with Gasteiger partial charge in [0.2, 0.25) is 0 Å².